The molecule has 10 nitrogen and oxygen atoms in total. The van der Waals surface area contributed by atoms with Gasteiger partial charge in [0.15, 0.2) is 0 Å². The molecule has 0 aromatic heterocycles. The summed E-state index contributed by atoms with van der Waals surface area (Å²) >= 11 is 0. The first kappa shape index (κ1) is 57.8. The Kier molecular flexibility index (Phi) is 195. The van der Waals surface area contributed by atoms with Crippen LogP contribution in [0.25, 0.3) is 0 Å². The fourth-order valence-electron chi connectivity index (χ4n) is 0. The SMILES string of the molecule is O=C([O-])O.O=C([O-])O.[N].[N].[N].[N].[Pd+2]. The number of nitrogens with zero attached hydrogens (tertiary/aromatic N) is 4. The Labute approximate surface area is 87.9 Å². The third kappa shape index (κ3) is 984. The van der Waals surface area contributed by atoms with E-state index in [-0.39, 0.29) is 45.0 Å². The van der Waals surface area contributed by atoms with Crippen molar-refractivity contribution in [3.05, 3.63) is 0 Å². The van der Waals surface area contributed by atoms with E-state index in [0.29, 0.717) is 0 Å². The van der Waals surface area contributed by atoms with E-state index in [0.717, 1.165) is 0 Å². The van der Waals surface area contributed by atoms with Crippen LogP contribution in [-0.2, 0) is 20.4 Å². The predicted octanol–water partition coefficient (Wildman–Crippen LogP) is -4.15. The molecule has 0 fully saturated rings. The molecule has 0 amide bonds. The van der Waals surface area contributed by atoms with Gasteiger partial charge in [-0.3, -0.25) is 0 Å². The normalized spacial score (nSPS) is 3.69. The number of carbonyl (C=O) groups is 2. The summed E-state index contributed by atoms with van der Waals surface area (Å²) < 4.78 is 0. The third-order valence-corrected chi connectivity index (χ3v) is 0. The second-order valence-corrected chi connectivity index (χ2v) is 0.532. The first-order chi connectivity index (χ1) is 3.46. The Morgan fingerprint density at radius 1 is 0.769 bits per heavy atom. The van der Waals surface area contributed by atoms with E-state index in [4.69, 9.17) is 30.0 Å². The summed E-state index contributed by atoms with van der Waals surface area (Å²) in [4.78, 5) is 16.9. The van der Waals surface area contributed by atoms with Crippen molar-refractivity contribution in [1.29, 1.82) is 0 Å². The van der Waals surface area contributed by atoms with Crippen LogP contribution in [0, 0.1) is 0 Å². The zero-order chi connectivity index (χ0) is 7.15. The molecular weight excluding hydrogens is 282 g/mol. The van der Waals surface area contributed by atoms with Crippen molar-refractivity contribution in [2.75, 3.05) is 0 Å². The average Bonchev–Trinajstić information content (AvgIpc) is 1.25. The largest absolute Gasteiger partial charge is 2.00 e. The summed E-state index contributed by atoms with van der Waals surface area (Å²) in [5.74, 6) is 0. The first-order valence-electron chi connectivity index (χ1n) is 1.26. The van der Waals surface area contributed by atoms with Crippen molar-refractivity contribution in [2.24, 2.45) is 0 Å². The van der Waals surface area contributed by atoms with Crippen LogP contribution in [0.1, 0.15) is 0 Å². The number of hydrogen-bond acceptors (Lipinski definition) is 4. The molecule has 11 heteroatoms. The first-order valence-corrected chi connectivity index (χ1v) is 1.26. The van der Waals surface area contributed by atoms with Crippen molar-refractivity contribution in [2.45, 2.75) is 0 Å². The smallest absolute Gasteiger partial charge is 0.565 e. The number of hydrogen-bond donors (Lipinski definition) is 2. The second-order valence-electron chi connectivity index (χ2n) is 0.532. The van der Waals surface area contributed by atoms with Crippen LogP contribution >= 0.6 is 0 Å². The van der Waals surface area contributed by atoms with E-state index >= 15 is 0 Å². The minimum atomic E-state index is -2.08. The van der Waals surface area contributed by atoms with Crippen molar-refractivity contribution < 1.29 is 50.4 Å². The molecule has 0 saturated carbocycles. The van der Waals surface area contributed by atoms with Crippen molar-refractivity contribution in [3.8, 4) is 0 Å². The van der Waals surface area contributed by atoms with E-state index in [1.807, 2.05) is 0 Å². The van der Waals surface area contributed by atoms with Gasteiger partial charge in [-0.15, -0.1) is 0 Å². The Hall–Kier alpha value is -0.958. The van der Waals surface area contributed by atoms with Gasteiger partial charge in [-0.05, 0) is 0 Å². The minimum Gasteiger partial charge on any atom is -0.565 e. The Morgan fingerprint density at radius 3 is 0.769 bits per heavy atom. The summed E-state index contributed by atoms with van der Waals surface area (Å²) in [6.45, 7) is 0. The maximum Gasteiger partial charge on any atom is 2.00 e. The number of carboxylic acid groups (broad SMARTS) is 4. The van der Waals surface area contributed by atoms with Gasteiger partial charge in [0.1, 0.15) is 0 Å². The third-order valence-electron chi connectivity index (χ3n) is 0. The predicted molar refractivity (Wildman–Crippen MR) is 24.6 cm³/mol. The second kappa shape index (κ2) is 43.8. The molecule has 0 aromatic carbocycles. The maximum atomic E-state index is 8.44. The zero-order valence-electron chi connectivity index (χ0n) is 5.63. The van der Waals surface area contributed by atoms with Crippen LogP contribution in [0.15, 0.2) is 0 Å². The van der Waals surface area contributed by atoms with E-state index in [2.05, 4.69) is 0 Å². The van der Waals surface area contributed by atoms with Gasteiger partial charge in [-0.2, -0.15) is 0 Å². The number of rotatable bonds is 0. The molecule has 0 aromatic rings. The molecule has 0 unspecified atom stereocenters. The quantitative estimate of drug-likeness (QED) is 0.417. The average molecular weight is 284 g/mol. The van der Waals surface area contributed by atoms with Crippen LogP contribution in [0.2, 0.25) is 0 Å². The van der Waals surface area contributed by atoms with Gasteiger partial charge in [-0.1, -0.05) is 0 Å². The van der Waals surface area contributed by atoms with Crippen molar-refractivity contribution in [1.82, 2.24) is 24.6 Å². The molecule has 0 aliphatic heterocycles. The van der Waals surface area contributed by atoms with E-state index in [9.17, 15) is 0 Å². The van der Waals surface area contributed by atoms with Crippen LogP contribution in [-0.4, -0.2) is 22.5 Å². The van der Waals surface area contributed by atoms with E-state index in [1.165, 1.54) is 0 Å². The van der Waals surface area contributed by atoms with Gasteiger partial charge in [0.05, 0.1) is 0 Å². The van der Waals surface area contributed by atoms with Gasteiger partial charge >= 0.3 is 20.4 Å². The molecule has 0 aliphatic rings. The molecule has 0 saturated heterocycles. The summed E-state index contributed by atoms with van der Waals surface area (Å²) in [6, 6.07) is 0. The molecule has 2 N–H and O–H groups in total. The monoisotopic (exact) mass is 284 g/mol. The molecular formula is C2H2N4O6Pd. The Morgan fingerprint density at radius 2 is 0.769 bits per heavy atom. The fraction of sp³-hybridized carbons (Fsp3) is 0. The minimum absolute atomic E-state index is 0. The summed E-state index contributed by atoms with van der Waals surface area (Å²) in [5, 5.41) is 30.6. The van der Waals surface area contributed by atoms with E-state index < -0.39 is 12.3 Å². The van der Waals surface area contributed by atoms with Crippen LogP contribution in [0.5, 0.6) is 0 Å². The zero-order valence-corrected chi connectivity index (χ0v) is 7.19. The van der Waals surface area contributed by atoms with Crippen LogP contribution in [0.4, 0.5) is 9.59 Å². The molecule has 0 atom stereocenters. The van der Waals surface area contributed by atoms with Crippen LogP contribution < -0.4 is 34.8 Å². The van der Waals surface area contributed by atoms with Gasteiger partial charge in [-0.25, -0.2) is 0 Å². The topological polar surface area (TPSA) is 243 Å². The Bertz CT molecular complexity index is 80.6. The molecule has 0 spiro atoms. The van der Waals surface area contributed by atoms with Gasteiger partial charge in [0.25, 0.3) is 0 Å². The molecule has 76 valence electrons. The maximum absolute atomic E-state index is 8.44. The fourth-order valence-corrected chi connectivity index (χ4v) is 0. The van der Waals surface area contributed by atoms with Crippen LogP contribution in [0.3, 0.4) is 0 Å². The molecule has 0 bridgehead atoms. The van der Waals surface area contributed by atoms with Gasteiger partial charge in [0.2, 0.25) is 12.3 Å². The van der Waals surface area contributed by atoms with Gasteiger partial charge < -0.3 is 30.0 Å². The Balaban J connectivity index is -0.00000000800. The van der Waals surface area contributed by atoms with Gasteiger partial charge in [0, 0.05) is 24.6 Å². The molecule has 12 radical (unpaired) electrons. The van der Waals surface area contributed by atoms with Crippen molar-refractivity contribution >= 4 is 12.3 Å². The summed E-state index contributed by atoms with van der Waals surface area (Å²) in [7, 11) is 0. The molecule has 0 heterocycles. The van der Waals surface area contributed by atoms with E-state index in [1.54, 1.807) is 0 Å². The molecule has 0 rings (SSSR count). The summed E-state index contributed by atoms with van der Waals surface area (Å²) in [6.07, 6.45) is -4.17. The van der Waals surface area contributed by atoms with Crippen molar-refractivity contribution in [3.63, 3.8) is 0 Å². The summed E-state index contributed by atoms with van der Waals surface area (Å²) in [5.41, 5.74) is 0. The standard InChI is InChI=1S/2CH2O3.4N.Pd/c2*2-1(3)4;;;;;/h2*(H2,2,3,4);;;;;/q;;;;;;+2/p-2. The molecule has 13 heavy (non-hydrogen) atoms. The molecule has 0 aliphatic carbocycles.